The summed E-state index contributed by atoms with van der Waals surface area (Å²) in [5.74, 6) is 1.81. The molecule has 0 bridgehead atoms. The first-order valence-electron chi connectivity index (χ1n) is 8.43. The number of ether oxygens (including phenoxy) is 1. The van der Waals surface area contributed by atoms with Crippen molar-refractivity contribution in [1.82, 2.24) is 10.2 Å². The second-order valence-electron chi connectivity index (χ2n) is 6.54. The monoisotopic (exact) mass is 288 g/mol. The molecule has 21 heavy (non-hydrogen) atoms. The minimum absolute atomic E-state index is 0.857. The lowest BCUT2D eigenvalue weighted by atomic mass is 9.98. The van der Waals surface area contributed by atoms with Crippen molar-refractivity contribution in [1.29, 1.82) is 0 Å². The topological polar surface area (TPSA) is 24.5 Å². The zero-order valence-electron chi connectivity index (χ0n) is 13.2. The molecule has 1 unspecified atom stereocenters. The molecule has 1 saturated carbocycles. The Kier molecular flexibility index (Phi) is 5.15. The van der Waals surface area contributed by atoms with Gasteiger partial charge in [-0.15, -0.1) is 0 Å². The van der Waals surface area contributed by atoms with Crippen LogP contribution in [0.5, 0.6) is 5.75 Å². The van der Waals surface area contributed by atoms with Crippen molar-refractivity contribution in [2.45, 2.75) is 38.1 Å². The van der Waals surface area contributed by atoms with Crippen molar-refractivity contribution >= 4 is 0 Å². The molecule has 0 aromatic heterocycles. The minimum atomic E-state index is 0.857. The summed E-state index contributed by atoms with van der Waals surface area (Å²) < 4.78 is 5.23. The number of rotatable bonds is 7. The van der Waals surface area contributed by atoms with E-state index < -0.39 is 0 Å². The minimum Gasteiger partial charge on any atom is -0.497 e. The number of nitrogens with zero attached hydrogens (tertiary/aromatic N) is 1. The molecule has 2 fully saturated rings. The van der Waals surface area contributed by atoms with Gasteiger partial charge in [-0.1, -0.05) is 12.1 Å². The molecule has 1 atom stereocenters. The maximum absolute atomic E-state index is 5.23. The van der Waals surface area contributed by atoms with E-state index in [1.165, 1.54) is 57.4 Å². The Labute approximate surface area is 128 Å². The van der Waals surface area contributed by atoms with E-state index in [2.05, 4.69) is 34.5 Å². The molecule has 116 valence electrons. The van der Waals surface area contributed by atoms with Gasteiger partial charge in [0.2, 0.25) is 0 Å². The Morgan fingerprint density at radius 1 is 1.19 bits per heavy atom. The van der Waals surface area contributed by atoms with Crippen LogP contribution in [0.25, 0.3) is 0 Å². The first kappa shape index (κ1) is 14.9. The highest BCUT2D eigenvalue weighted by Crippen LogP contribution is 2.28. The van der Waals surface area contributed by atoms with Crippen LogP contribution in [0.4, 0.5) is 0 Å². The molecule has 1 heterocycles. The van der Waals surface area contributed by atoms with Crippen LogP contribution in [-0.4, -0.2) is 44.2 Å². The second-order valence-corrected chi connectivity index (χ2v) is 6.54. The van der Waals surface area contributed by atoms with E-state index in [1.807, 2.05) is 0 Å². The summed E-state index contributed by atoms with van der Waals surface area (Å²) in [6.45, 7) is 4.92. The molecule has 1 saturated heterocycles. The van der Waals surface area contributed by atoms with Crippen LogP contribution in [-0.2, 0) is 6.42 Å². The van der Waals surface area contributed by atoms with Gasteiger partial charge in [-0.25, -0.2) is 0 Å². The summed E-state index contributed by atoms with van der Waals surface area (Å²) in [5, 5.41) is 3.55. The van der Waals surface area contributed by atoms with E-state index in [9.17, 15) is 0 Å². The Balaban J connectivity index is 1.50. The molecular formula is C18H28N2O. The van der Waals surface area contributed by atoms with Gasteiger partial charge in [-0.2, -0.15) is 0 Å². The largest absolute Gasteiger partial charge is 0.497 e. The molecular weight excluding hydrogens is 260 g/mol. The van der Waals surface area contributed by atoms with Crippen LogP contribution in [0.15, 0.2) is 24.3 Å². The number of methoxy groups -OCH3 is 1. The van der Waals surface area contributed by atoms with Crippen molar-refractivity contribution in [2.24, 2.45) is 5.92 Å². The van der Waals surface area contributed by atoms with Crippen LogP contribution < -0.4 is 10.1 Å². The Hall–Kier alpha value is -1.06. The maximum Gasteiger partial charge on any atom is 0.118 e. The van der Waals surface area contributed by atoms with Crippen molar-refractivity contribution in [3.63, 3.8) is 0 Å². The van der Waals surface area contributed by atoms with Crippen LogP contribution >= 0.6 is 0 Å². The summed E-state index contributed by atoms with van der Waals surface area (Å²) in [7, 11) is 1.72. The van der Waals surface area contributed by atoms with Gasteiger partial charge < -0.3 is 10.1 Å². The fourth-order valence-electron chi connectivity index (χ4n) is 3.34. The molecule has 1 aliphatic heterocycles. The van der Waals surface area contributed by atoms with Crippen molar-refractivity contribution in [3.05, 3.63) is 29.8 Å². The highest BCUT2D eigenvalue weighted by atomic mass is 16.5. The van der Waals surface area contributed by atoms with Gasteiger partial charge in [-0.3, -0.25) is 4.90 Å². The van der Waals surface area contributed by atoms with E-state index in [0.29, 0.717) is 0 Å². The predicted octanol–water partition coefficient (Wildman–Crippen LogP) is 2.70. The number of hydrogen-bond donors (Lipinski definition) is 1. The SMILES string of the molecule is COc1ccc(CCN(CC2CCCNC2)C2CC2)cc1. The third-order valence-corrected chi connectivity index (χ3v) is 4.80. The Morgan fingerprint density at radius 3 is 2.62 bits per heavy atom. The molecule has 3 rings (SSSR count). The normalized spacial score (nSPS) is 22.5. The van der Waals surface area contributed by atoms with E-state index in [0.717, 1.165) is 24.1 Å². The van der Waals surface area contributed by atoms with Crippen molar-refractivity contribution < 1.29 is 4.74 Å². The third-order valence-electron chi connectivity index (χ3n) is 4.80. The summed E-state index contributed by atoms with van der Waals surface area (Å²) in [6, 6.07) is 9.41. The average Bonchev–Trinajstić information content (AvgIpc) is 3.38. The standard InChI is InChI=1S/C18H28N2O/c1-21-18-8-4-15(5-9-18)10-12-20(17-6-7-17)14-16-3-2-11-19-13-16/h4-5,8-9,16-17,19H,2-3,6-7,10-14H2,1H3. The molecule has 2 aliphatic rings. The van der Waals surface area contributed by atoms with Gasteiger partial charge in [0, 0.05) is 19.1 Å². The van der Waals surface area contributed by atoms with E-state index >= 15 is 0 Å². The van der Waals surface area contributed by atoms with Crippen LogP contribution in [0, 0.1) is 5.92 Å². The lowest BCUT2D eigenvalue weighted by Gasteiger charge is -2.30. The molecule has 1 aromatic carbocycles. The number of nitrogens with one attached hydrogen (secondary N) is 1. The summed E-state index contributed by atoms with van der Waals surface area (Å²) in [4.78, 5) is 2.74. The summed E-state index contributed by atoms with van der Waals surface area (Å²) in [5.41, 5.74) is 1.42. The van der Waals surface area contributed by atoms with E-state index in [4.69, 9.17) is 4.74 Å². The first-order valence-corrected chi connectivity index (χ1v) is 8.43. The van der Waals surface area contributed by atoms with Crippen LogP contribution in [0.1, 0.15) is 31.2 Å². The number of benzene rings is 1. The summed E-state index contributed by atoms with van der Waals surface area (Å²) in [6.07, 6.45) is 6.71. The first-order chi connectivity index (χ1) is 10.3. The highest BCUT2D eigenvalue weighted by Gasteiger charge is 2.30. The van der Waals surface area contributed by atoms with Gasteiger partial charge in [0.1, 0.15) is 5.75 Å². The third kappa shape index (κ3) is 4.45. The number of hydrogen-bond acceptors (Lipinski definition) is 3. The lowest BCUT2D eigenvalue weighted by Crippen LogP contribution is -2.40. The zero-order chi connectivity index (χ0) is 14.5. The molecule has 0 spiro atoms. The molecule has 3 heteroatoms. The number of piperidine rings is 1. The van der Waals surface area contributed by atoms with Crippen molar-refractivity contribution in [3.8, 4) is 5.75 Å². The molecule has 1 aliphatic carbocycles. The average molecular weight is 288 g/mol. The predicted molar refractivity (Wildman–Crippen MR) is 86.9 cm³/mol. The van der Waals surface area contributed by atoms with Gasteiger partial charge >= 0.3 is 0 Å². The smallest absolute Gasteiger partial charge is 0.118 e. The van der Waals surface area contributed by atoms with Gasteiger partial charge in [0.25, 0.3) is 0 Å². The molecule has 1 N–H and O–H groups in total. The van der Waals surface area contributed by atoms with Crippen LogP contribution in [0.2, 0.25) is 0 Å². The molecule has 3 nitrogen and oxygen atoms in total. The van der Waals surface area contributed by atoms with E-state index in [-0.39, 0.29) is 0 Å². The fraction of sp³-hybridized carbons (Fsp3) is 0.667. The Bertz CT molecular complexity index is 421. The van der Waals surface area contributed by atoms with Gasteiger partial charge in [0.05, 0.1) is 7.11 Å². The lowest BCUT2D eigenvalue weighted by molar-refractivity contribution is 0.202. The second kappa shape index (κ2) is 7.28. The van der Waals surface area contributed by atoms with Crippen LogP contribution in [0.3, 0.4) is 0 Å². The van der Waals surface area contributed by atoms with Gasteiger partial charge in [0.15, 0.2) is 0 Å². The zero-order valence-corrected chi connectivity index (χ0v) is 13.2. The Morgan fingerprint density at radius 2 is 2.00 bits per heavy atom. The molecule has 0 radical (unpaired) electrons. The van der Waals surface area contributed by atoms with Gasteiger partial charge in [-0.05, 0) is 68.8 Å². The van der Waals surface area contributed by atoms with Crippen molar-refractivity contribution in [2.75, 3.05) is 33.3 Å². The molecule has 0 amide bonds. The maximum atomic E-state index is 5.23. The molecule has 1 aromatic rings. The summed E-state index contributed by atoms with van der Waals surface area (Å²) >= 11 is 0. The fourth-order valence-corrected chi connectivity index (χ4v) is 3.34. The highest BCUT2D eigenvalue weighted by molar-refractivity contribution is 5.27. The van der Waals surface area contributed by atoms with E-state index in [1.54, 1.807) is 7.11 Å². The quantitative estimate of drug-likeness (QED) is 0.835.